The Balaban J connectivity index is 1.72. The number of carbonyl (C=O) groups excluding carboxylic acids is 1. The number of rotatable bonds is 4. The highest BCUT2D eigenvalue weighted by Crippen LogP contribution is 2.39. The van der Waals surface area contributed by atoms with Crippen LogP contribution in [-0.4, -0.2) is 37.8 Å². The molecule has 1 fully saturated rings. The summed E-state index contributed by atoms with van der Waals surface area (Å²) in [6.07, 6.45) is 4.11. The van der Waals surface area contributed by atoms with E-state index in [0.29, 0.717) is 18.2 Å². The summed E-state index contributed by atoms with van der Waals surface area (Å²) in [4.78, 5) is 14.0. The molecule has 1 N–H and O–H groups in total. The van der Waals surface area contributed by atoms with Crippen LogP contribution in [0.15, 0.2) is 16.7 Å². The molecule has 7 heteroatoms. The van der Waals surface area contributed by atoms with Gasteiger partial charge in [-0.05, 0) is 34.8 Å². The van der Waals surface area contributed by atoms with Crippen molar-refractivity contribution in [1.82, 2.24) is 24.9 Å². The van der Waals surface area contributed by atoms with Crippen molar-refractivity contribution in [3.63, 3.8) is 0 Å². The van der Waals surface area contributed by atoms with Crippen LogP contribution in [-0.2, 0) is 13.6 Å². The fourth-order valence-corrected chi connectivity index (χ4v) is 2.63. The SMILES string of the molecule is CN(Cc1c(Br)cnn1C)C(=O)c1cc(C2CC2)[nH]n1. The molecular weight excluding hydrogens is 322 g/mol. The maximum Gasteiger partial charge on any atom is 0.274 e. The summed E-state index contributed by atoms with van der Waals surface area (Å²) in [5.41, 5.74) is 2.51. The van der Waals surface area contributed by atoms with E-state index in [1.54, 1.807) is 22.8 Å². The molecule has 0 saturated heterocycles. The van der Waals surface area contributed by atoms with Crippen LogP contribution in [0.4, 0.5) is 0 Å². The molecule has 20 heavy (non-hydrogen) atoms. The quantitative estimate of drug-likeness (QED) is 0.928. The van der Waals surface area contributed by atoms with Crippen molar-refractivity contribution in [2.45, 2.75) is 25.3 Å². The first-order valence-electron chi connectivity index (χ1n) is 6.53. The minimum atomic E-state index is -0.0822. The van der Waals surface area contributed by atoms with E-state index >= 15 is 0 Å². The van der Waals surface area contributed by atoms with E-state index < -0.39 is 0 Å². The molecule has 0 aromatic carbocycles. The maximum absolute atomic E-state index is 12.3. The molecule has 1 saturated carbocycles. The number of aromatic nitrogens is 4. The first kappa shape index (κ1) is 13.4. The van der Waals surface area contributed by atoms with Crippen molar-refractivity contribution < 1.29 is 4.79 Å². The van der Waals surface area contributed by atoms with Crippen LogP contribution >= 0.6 is 15.9 Å². The van der Waals surface area contributed by atoms with E-state index in [2.05, 4.69) is 31.2 Å². The number of H-pyrrole nitrogens is 1. The number of aromatic amines is 1. The van der Waals surface area contributed by atoms with Gasteiger partial charge in [-0.2, -0.15) is 10.2 Å². The molecule has 106 valence electrons. The lowest BCUT2D eigenvalue weighted by molar-refractivity contribution is 0.0776. The number of nitrogens with one attached hydrogen (secondary N) is 1. The van der Waals surface area contributed by atoms with Crippen LogP contribution in [0.5, 0.6) is 0 Å². The van der Waals surface area contributed by atoms with Crippen LogP contribution in [0.3, 0.4) is 0 Å². The van der Waals surface area contributed by atoms with Gasteiger partial charge in [-0.25, -0.2) is 0 Å². The summed E-state index contributed by atoms with van der Waals surface area (Å²) in [5.74, 6) is 0.488. The molecule has 1 amide bonds. The standard InChI is InChI=1S/C13H16BrN5O/c1-18(7-12-9(14)6-15-19(12)2)13(20)11-5-10(16-17-11)8-3-4-8/h5-6,8H,3-4,7H2,1-2H3,(H,16,17). The van der Waals surface area contributed by atoms with E-state index in [-0.39, 0.29) is 5.91 Å². The monoisotopic (exact) mass is 337 g/mol. The van der Waals surface area contributed by atoms with E-state index in [9.17, 15) is 4.79 Å². The Labute approximate surface area is 125 Å². The zero-order valence-corrected chi connectivity index (χ0v) is 13.0. The van der Waals surface area contributed by atoms with Crippen LogP contribution in [0.2, 0.25) is 0 Å². The Morgan fingerprint density at radius 2 is 2.35 bits per heavy atom. The third-order valence-corrected chi connectivity index (χ3v) is 4.24. The van der Waals surface area contributed by atoms with E-state index in [1.807, 2.05) is 13.1 Å². The minimum absolute atomic E-state index is 0.0822. The molecule has 0 bridgehead atoms. The lowest BCUT2D eigenvalue weighted by Gasteiger charge is -2.16. The first-order chi connectivity index (χ1) is 9.56. The van der Waals surface area contributed by atoms with Gasteiger partial charge in [0.1, 0.15) is 5.69 Å². The summed E-state index contributed by atoms with van der Waals surface area (Å²) < 4.78 is 2.66. The normalized spacial score (nSPS) is 14.6. The van der Waals surface area contributed by atoms with Gasteiger partial charge < -0.3 is 4.90 Å². The molecule has 1 aliphatic rings. The number of nitrogens with zero attached hydrogens (tertiary/aromatic N) is 4. The molecule has 0 aliphatic heterocycles. The van der Waals surface area contributed by atoms with Crippen LogP contribution in [0.25, 0.3) is 0 Å². The van der Waals surface area contributed by atoms with Gasteiger partial charge in [0.05, 0.1) is 22.9 Å². The summed E-state index contributed by atoms with van der Waals surface area (Å²) in [5, 5.41) is 11.2. The highest BCUT2D eigenvalue weighted by Gasteiger charge is 2.27. The number of hydrogen-bond acceptors (Lipinski definition) is 3. The summed E-state index contributed by atoms with van der Waals surface area (Å²) in [6, 6.07) is 1.87. The Morgan fingerprint density at radius 3 is 2.95 bits per heavy atom. The summed E-state index contributed by atoms with van der Waals surface area (Å²) in [6.45, 7) is 0.488. The van der Waals surface area contributed by atoms with Crippen molar-refractivity contribution in [2.75, 3.05) is 7.05 Å². The average molecular weight is 338 g/mol. The second kappa shape index (κ2) is 5.05. The summed E-state index contributed by atoms with van der Waals surface area (Å²) >= 11 is 3.44. The van der Waals surface area contributed by atoms with Crippen molar-refractivity contribution in [2.24, 2.45) is 7.05 Å². The van der Waals surface area contributed by atoms with Gasteiger partial charge >= 0.3 is 0 Å². The average Bonchev–Trinajstić information content (AvgIpc) is 3.09. The molecule has 3 rings (SSSR count). The molecule has 0 spiro atoms. The molecule has 2 aromatic heterocycles. The smallest absolute Gasteiger partial charge is 0.274 e. The number of hydrogen-bond donors (Lipinski definition) is 1. The number of halogens is 1. The Morgan fingerprint density at radius 1 is 1.60 bits per heavy atom. The van der Waals surface area contributed by atoms with Crippen LogP contribution in [0.1, 0.15) is 40.6 Å². The fourth-order valence-electron chi connectivity index (χ4n) is 2.16. The predicted molar refractivity (Wildman–Crippen MR) is 77.3 cm³/mol. The summed E-state index contributed by atoms with van der Waals surface area (Å²) in [7, 11) is 3.63. The largest absolute Gasteiger partial charge is 0.334 e. The van der Waals surface area contributed by atoms with Gasteiger partial charge in [-0.3, -0.25) is 14.6 Å². The second-order valence-corrected chi connectivity index (χ2v) is 6.06. The van der Waals surface area contributed by atoms with Crippen molar-refractivity contribution >= 4 is 21.8 Å². The third kappa shape index (κ3) is 2.49. The van der Waals surface area contributed by atoms with Gasteiger partial charge in [0.25, 0.3) is 5.91 Å². The third-order valence-electron chi connectivity index (χ3n) is 3.58. The maximum atomic E-state index is 12.3. The topological polar surface area (TPSA) is 66.8 Å². The molecule has 2 aromatic rings. The lowest BCUT2D eigenvalue weighted by Crippen LogP contribution is -2.27. The zero-order valence-electron chi connectivity index (χ0n) is 11.4. The van der Waals surface area contributed by atoms with E-state index in [4.69, 9.17) is 0 Å². The zero-order chi connectivity index (χ0) is 14.3. The molecule has 0 radical (unpaired) electrons. The number of amides is 1. The Hall–Kier alpha value is -1.63. The van der Waals surface area contributed by atoms with Crippen molar-refractivity contribution in [1.29, 1.82) is 0 Å². The van der Waals surface area contributed by atoms with Gasteiger partial charge in [0, 0.05) is 25.7 Å². The fraction of sp³-hybridized carbons (Fsp3) is 0.462. The van der Waals surface area contributed by atoms with Crippen molar-refractivity contribution in [3.8, 4) is 0 Å². The molecule has 0 unspecified atom stereocenters. The highest BCUT2D eigenvalue weighted by atomic mass is 79.9. The Bertz CT molecular complexity index is 623. The molecule has 1 aliphatic carbocycles. The van der Waals surface area contributed by atoms with Gasteiger partial charge in [-0.15, -0.1) is 0 Å². The van der Waals surface area contributed by atoms with Crippen LogP contribution < -0.4 is 0 Å². The first-order valence-corrected chi connectivity index (χ1v) is 7.32. The van der Waals surface area contributed by atoms with Crippen LogP contribution in [0, 0.1) is 0 Å². The van der Waals surface area contributed by atoms with Gasteiger partial charge in [-0.1, -0.05) is 0 Å². The van der Waals surface area contributed by atoms with Gasteiger partial charge in [0.15, 0.2) is 0 Å². The predicted octanol–water partition coefficient (Wildman–Crippen LogP) is 2.06. The Kier molecular flexibility index (Phi) is 3.37. The minimum Gasteiger partial charge on any atom is -0.334 e. The van der Waals surface area contributed by atoms with Crippen molar-refractivity contribution in [3.05, 3.63) is 33.8 Å². The molecular formula is C13H16BrN5O. The van der Waals surface area contributed by atoms with Gasteiger partial charge in [0.2, 0.25) is 0 Å². The molecule has 2 heterocycles. The number of aryl methyl sites for hydroxylation is 1. The lowest BCUT2D eigenvalue weighted by atomic mass is 10.2. The molecule has 6 nitrogen and oxygen atoms in total. The number of carbonyl (C=O) groups is 1. The van der Waals surface area contributed by atoms with E-state index in [0.717, 1.165) is 15.9 Å². The molecule has 0 atom stereocenters. The highest BCUT2D eigenvalue weighted by molar-refractivity contribution is 9.10. The van der Waals surface area contributed by atoms with E-state index in [1.165, 1.54) is 12.8 Å². The second-order valence-electron chi connectivity index (χ2n) is 5.21.